The number of amides is 6. The minimum absolute atomic E-state index is 0. The van der Waals surface area contributed by atoms with E-state index in [-0.39, 0.29) is 79.6 Å². The number of amidine groups is 1. The Morgan fingerprint density at radius 1 is 0.671 bits per heavy atom. The minimum Gasteiger partial charge on any atom is -1.00 e. The fourth-order valence-electron chi connectivity index (χ4n) is 6.40. The van der Waals surface area contributed by atoms with Crippen molar-refractivity contribution in [1.29, 1.82) is 0 Å². The van der Waals surface area contributed by atoms with Gasteiger partial charge >= 0.3 is 17.5 Å². The van der Waals surface area contributed by atoms with Crippen molar-refractivity contribution in [1.82, 2.24) is 25.4 Å². The number of hydrogen-bond donors (Lipinski definition) is 7. The number of alkyl halides is 1. The molecule has 0 aliphatic carbocycles. The summed E-state index contributed by atoms with van der Waals surface area (Å²) in [5, 5.41) is 26.2. The Hall–Kier alpha value is -7.67. The van der Waals surface area contributed by atoms with Gasteiger partial charge in [0, 0.05) is 67.5 Å². The summed E-state index contributed by atoms with van der Waals surface area (Å²) >= 11 is 8.97. The van der Waals surface area contributed by atoms with Crippen LogP contribution in [0.4, 0.5) is 35.4 Å². The van der Waals surface area contributed by atoms with E-state index in [1.807, 2.05) is 44.3 Å². The van der Waals surface area contributed by atoms with Gasteiger partial charge in [-0.3, -0.25) is 33.4 Å². The number of carbonyl (C=O) groups excluding carboxylic acids is 6. The molecule has 0 fully saturated rings. The monoisotopic (exact) mass is 1310 g/mol. The molecule has 2 heterocycles. The highest BCUT2D eigenvalue weighted by Gasteiger charge is 2.21. The van der Waals surface area contributed by atoms with Crippen molar-refractivity contribution in [3.63, 3.8) is 0 Å². The van der Waals surface area contributed by atoms with Crippen LogP contribution in [0, 0.1) is 11.6 Å². The molecule has 1 aliphatic rings. The third-order valence-corrected chi connectivity index (χ3v) is 11.0. The molecular weight excluding hydrogens is 1240 g/mol. The van der Waals surface area contributed by atoms with Crippen LogP contribution >= 0.6 is 39.9 Å². The van der Waals surface area contributed by atoms with Gasteiger partial charge in [0.2, 0.25) is 17.7 Å². The molecular formula is C58H77BrCl3F2N9O12. The van der Waals surface area contributed by atoms with Crippen molar-refractivity contribution in [3.8, 4) is 17.2 Å². The largest absolute Gasteiger partial charge is 1.00 e. The second-order valence-corrected chi connectivity index (χ2v) is 21.0. The molecule has 0 saturated carbocycles. The molecule has 6 rings (SSSR count). The Kier molecular flexibility index (Phi) is 36.2. The van der Waals surface area contributed by atoms with Crippen molar-refractivity contribution in [2.24, 2.45) is 0 Å². The zero-order chi connectivity index (χ0) is 62.3. The number of pyridine rings is 1. The topological polar surface area (TPSA) is 260 Å². The molecule has 0 spiro atoms. The summed E-state index contributed by atoms with van der Waals surface area (Å²) in [5.41, 5.74) is 0.889. The molecule has 21 nitrogen and oxygen atoms in total. The van der Waals surface area contributed by atoms with E-state index in [0.717, 1.165) is 35.8 Å². The number of benzene rings is 4. The van der Waals surface area contributed by atoms with E-state index in [1.54, 1.807) is 81.4 Å². The van der Waals surface area contributed by atoms with Crippen molar-refractivity contribution in [2.75, 3.05) is 81.3 Å². The highest BCUT2D eigenvalue weighted by molar-refractivity contribution is 9.09. The average Bonchev–Trinajstić information content (AvgIpc) is 3.81. The fourth-order valence-corrected chi connectivity index (χ4v) is 6.76. The Bertz CT molecular complexity index is 2990. The van der Waals surface area contributed by atoms with E-state index >= 15 is 0 Å². The normalized spacial score (nSPS) is 11.1. The zero-order valence-electron chi connectivity index (χ0n) is 49.3. The Balaban J connectivity index is 0.00000114. The van der Waals surface area contributed by atoms with Gasteiger partial charge in [-0.25, -0.2) is 18.4 Å². The molecule has 1 aromatic heterocycles. The molecule has 7 N–H and O–H groups in total. The molecule has 0 unspecified atom stereocenters. The maximum atomic E-state index is 13.4. The molecule has 0 atom stereocenters. The van der Waals surface area contributed by atoms with Crippen LogP contribution in [0.5, 0.6) is 17.2 Å². The number of anilines is 3. The molecule has 85 heavy (non-hydrogen) atoms. The second kappa shape index (κ2) is 39.8. The molecule has 6 amide bonds. The van der Waals surface area contributed by atoms with Gasteiger partial charge in [0.25, 0.3) is 11.5 Å². The number of ether oxygens (including phenoxy) is 4. The van der Waals surface area contributed by atoms with Gasteiger partial charge in [0.15, 0.2) is 11.6 Å². The third kappa shape index (κ3) is 34.6. The van der Waals surface area contributed by atoms with Gasteiger partial charge in [-0.05, 0) is 144 Å². The maximum absolute atomic E-state index is 13.4. The van der Waals surface area contributed by atoms with Crippen LogP contribution in [0.25, 0.3) is 0 Å². The van der Waals surface area contributed by atoms with Crippen molar-refractivity contribution in [3.05, 3.63) is 142 Å². The van der Waals surface area contributed by atoms with Gasteiger partial charge in [-0.15, -0.1) is 12.4 Å². The number of aromatic nitrogens is 1. The lowest BCUT2D eigenvalue weighted by atomic mass is 10.2. The number of carbonyl (C=O) groups is 6. The van der Waals surface area contributed by atoms with Crippen molar-refractivity contribution < 1.29 is 78.6 Å². The summed E-state index contributed by atoms with van der Waals surface area (Å²) in [7, 11) is 3.98. The number of nitrogens with zero attached hydrogens (tertiary/aromatic N) is 3. The SMILES string of the molecule is CC(=O)Nc1ccc(O)cc1.CC(=O)Nc1ccc(OCCNC(=O)OC(C)(C)C)cc1.CC(=O)Nc1ccc(OCCNC(=O)c2cccn(Cc3ccc(F)c(F)c3)c2=O)cc1.CC(C)(C)OC(=O)NCCBr.CN1CC[N+](C)=C1Cl.Cl.[Cl-]. The number of rotatable bonds is 16. The lowest BCUT2D eigenvalue weighted by Crippen LogP contribution is -3.00. The fraction of sp³-hybridized carbons (Fsp3) is 0.379. The van der Waals surface area contributed by atoms with Crippen LogP contribution in [0.1, 0.15) is 78.2 Å². The molecule has 5 aromatic rings. The number of phenols is 1. The quantitative estimate of drug-likeness (QED) is 0.0187. The molecule has 0 bridgehead atoms. The number of aromatic hydroxyl groups is 1. The van der Waals surface area contributed by atoms with Gasteiger partial charge < -0.3 is 72.9 Å². The third-order valence-electron chi connectivity index (χ3n) is 10.00. The van der Waals surface area contributed by atoms with Crippen molar-refractivity contribution in [2.45, 2.75) is 80.1 Å². The first kappa shape index (κ1) is 77.3. The number of phenolic OH excluding ortho intramolecular Hbond substituents is 1. The van der Waals surface area contributed by atoms with Crippen LogP contribution in [0.3, 0.4) is 0 Å². The first-order valence-electron chi connectivity index (χ1n) is 25.9. The summed E-state index contributed by atoms with van der Waals surface area (Å²) in [6.07, 6.45) is 0.637. The van der Waals surface area contributed by atoms with Crippen LogP contribution in [0.15, 0.2) is 114 Å². The maximum Gasteiger partial charge on any atom is 0.407 e. The summed E-state index contributed by atoms with van der Waals surface area (Å²) < 4.78 is 50.8. The van der Waals surface area contributed by atoms with E-state index in [2.05, 4.69) is 47.8 Å². The van der Waals surface area contributed by atoms with Gasteiger partial charge in [0.1, 0.15) is 60.3 Å². The first-order chi connectivity index (χ1) is 38.9. The summed E-state index contributed by atoms with van der Waals surface area (Å²) in [5.74, 6) is -1.54. The van der Waals surface area contributed by atoms with E-state index in [0.29, 0.717) is 53.8 Å². The Morgan fingerprint density at radius 2 is 1.11 bits per heavy atom. The summed E-state index contributed by atoms with van der Waals surface area (Å²) in [4.78, 5) is 81.7. The van der Waals surface area contributed by atoms with Crippen LogP contribution in [-0.2, 0) is 30.4 Å². The molecule has 0 radical (unpaired) electrons. The molecule has 0 saturated heterocycles. The second-order valence-electron chi connectivity index (χ2n) is 19.9. The van der Waals surface area contributed by atoms with E-state index in [4.69, 9.17) is 35.7 Å². The highest BCUT2D eigenvalue weighted by atomic mass is 79.9. The van der Waals surface area contributed by atoms with E-state index in [1.165, 1.54) is 61.9 Å². The van der Waals surface area contributed by atoms with Crippen LogP contribution in [0.2, 0.25) is 0 Å². The van der Waals surface area contributed by atoms with Crippen molar-refractivity contribution >= 4 is 98.1 Å². The molecule has 1 aliphatic heterocycles. The molecule has 468 valence electrons. The van der Waals surface area contributed by atoms with E-state index < -0.39 is 40.4 Å². The van der Waals surface area contributed by atoms with Crippen LogP contribution in [-0.4, -0.2) is 137 Å². The predicted octanol–water partition coefficient (Wildman–Crippen LogP) is 6.34. The molecule has 4 aromatic carbocycles. The highest BCUT2D eigenvalue weighted by Crippen LogP contribution is 2.18. The Labute approximate surface area is 520 Å². The minimum atomic E-state index is -1.01. The Morgan fingerprint density at radius 3 is 1.48 bits per heavy atom. The number of likely N-dealkylation sites (N-methyl/N-ethyl adjacent to an activating group) is 2. The average molecular weight is 1320 g/mol. The van der Waals surface area contributed by atoms with Gasteiger partial charge in [-0.1, -0.05) is 22.0 Å². The predicted molar refractivity (Wildman–Crippen MR) is 327 cm³/mol. The zero-order valence-corrected chi connectivity index (χ0v) is 53.2. The number of nitrogens with one attached hydrogen (secondary N) is 6. The van der Waals surface area contributed by atoms with E-state index in [9.17, 15) is 42.3 Å². The smallest absolute Gasteiger partial charge is 0.407 e. The van der Waals surface area contributed by atoms with Gasteiger partial charge in [0.05, 0.1) is 33.7 Å². The summed E-state index contributed by atoms with van der Waals surface area (Å²) in [6.45, 7) is 18.9. The summed E-state index contributed by atoms with van der Waals surface area (Å²) in [6, 6.07) is 26.3. The lowest BCUT2D eigenvalue weighted by Gasteiger charge is -2.19. The van der Waals surface area contributed by atoms with Crippen LogP contribution < -0.4 is 59.3 Å². The first-order valence-corrected chi connectivity index (χ1v) is 27.4. The number of hydrogen-bond acceptors (Lipinski definition) is 13. The van der Waals surface area contributed by atoms with Gasteiger partial charge in [-0.2, -0.15) is 0 Å². The number of alkyl carbamates (subject to hydrolysis) is 2. The standard InChI is InChI=1S/C23H21F2N3O4.C15H22N2O4.C8H9NO2.C7H14BrNO2.C5H10ClN2.2ClH/c1-15(29)27-17-5-7-18(8-6-17)32-12-10-26-22(30)19-3-2-11-28(23(19)31)14-16-4-9-20(24)21(25)13-16;1-11(18)17-12-5-7-13(8-6-12)20-10-9-16-14(19)21-15(2,3)4;1-6(10)9-7-2-4-8(11)5-3-7;1-7(2,3)11-6(10)9-5-4-8;1-7-3-4-8(2)5(7)6;;/h2-9,11,13H,10,12,14H2,1H3,(H,26,30)(H,27,29);5-8H,9-10H2,1-4H3,(H,16,19)(H,17,18);2-5,11H,1H3,(H,9,10);4-5H2,1-3H3,(H,9,10);3-4H2,1-2H3;2*1H/q;;;;+1;;/p-1. The molecule has 27 heteroatoms. The lowest BCUT2D eigenvalue weighted by molar-refractivity contribution is -0.484. The number of halogens is 6.